The maximum Gasteiger partial charge on any atom is 0.0467 e. The van der Waals surface area contributed by atoms with Gasteiger partial charge in [0.1, 0.15) is 0 Å². The maximum atomic E-state index is 2.36. The van der Waals surface area contributed by atoms with Crippen LogP contribution in [0.2, 0.25) is 0 Å². The molecule has 0 radical (unpaired) electrons. The van der Waals surface area contributed by atoms with Crippen LogP contribution in [0.5, 0.6) is 0 Å². The summed E-state index contributed by atoms with van der Waals surface area (Å²) >= 11 is 0. The average Bonchev–Trinajstić information content (AvgIpc) is 3.11. The molecule has 0 fully saturated rings. The van der Waals surface area contributed by atoms with Crippen LogP contribution in [0.15, 0.2) is 176 Å². The van der Waals surface area contributed by atoms with Crippen molar-refractivity contribution in [1.82, 2.24) is 0 Å². The zero-order valence-electron chi connectivity index (χ0n) is 27.0. The highest BCUT2D eigenvalue weighted by atomic mass is 15.1. The molecule has 226 valence electrons. The van der Waals surface area contributed by atoms with Gasteiger partial charge in [-0.3, -0.25) is 0 Å². The van der Waals surface area contributed by atoms with Crippen molar-refractivity contribution < 1.29 is 0 Å². The van der Waals surface area contributed by atoms with E-state index < -0.39 is 0 Å². The van der Waals surface area contributed by atoms with Gasteiger partial charge in [-0.2, -0.15) is 0 Å². The van der Waals surface area contributed by atoms with Gasteiger partial charge in [0, 0.05) is 17.1 Å². The van der Waals surface area contributed by atoms with Crippen molar-refractivity contribution >= 4 is 11.4 Å². The summed E-state index contributed by atoms with van der Waals surface area (Å²) in [7, 11) is 0. The highest BCUT2D eigenvalue weighted by Crippen LogP contribution is 2.35. The van der Waals surface area contributed by atoms with Crippen molar-refractivity contribution in [3.05, 3.63) is 192 Å². The van der Waals surface area contributed by atoms with E-state index in [0.29, 0.717) is 0 Å². The zero-order chi connectivity index (χ0) is 31.7. The topological polar surface area (TPSA) is 3.24 Å². The number of anilines is 2. The minimum Gasteiger partial charge on any atom is -0.311 e. The predicted molar refractivity (Wildman–Crippen MR) is 198 cm³/mol. The van der Waals surface area contributed by atoms with E-state index in [4.69, 9.17) is 0 Å². The van der Waals surface area contributed by atoms with E-state index in [-0.39, 0.29) is 0 Å². The maximum absolute atomic E-state index is 2.36. The van der Waals surface area contributed by atoms with Gasteiger partial charge in [-0.15, -0.1) is 0 Å². The number of nitrogens with zero attached hydrogens (tertiary/aromatic N) is 1. The number of allylic oxidation sites excluding steroid dienone is 3. The Morgan fingerprint density at radius 1 is 0.435 bits per heavy atom. The summed E-state index contributed by atoms with van der Waals surface area (Å²) < 4.78 is 0. The third kappa shape index (κ3) is 7.28. The molecule has 6 aromatic rings. The Labute approximate surface area is 274 Å². The quantitative estimate of drug-likeness (QED) is 0.185. The first-order valence-electron chi connectivity index (χ1n) is 16.2. The Hall–Kier alpha value is -5.40. The molecule has 1 aliphatic rings. The van der Waals surface area contributed by atoms with Crippen LogP contribution in [-0.4, -0.2) is 0 Å². The van der Waals surface area contributed by atoms with E-state index in [0.717, 1.165) is 12.8 Å². The molecule has 0 N–H and O–H groups in total. The highest BCUT2D eigenvalue weighted by Gasteiger charge is 2.15. The van der Waals surface area contributed by atoms with Crippen molar-refractivity contribution in [3.8, 4) is 33.4 Å². The molecule has 0 bridgehead atoms. The Kier molecular flexibility index (Phi) is 9.71. The Balaban J connectivity index is 0.000000221. The lowest BCUT2D eigenvalue weighted by molar-refractivity contribution is 0.997. The molecular formula is C45H41N. The Bertz CT molecular complexity index is 1900. The molecule has 0 aliphatic heterocycles. The Morgan fingerprint density at radius 3 is 1.57 bits per heavy atom. The van der Waals surface area contributed by atoms with Gasteiger partial charge in [0.2, 0.25) is 0 Å². The summed E-state index contributed by atoms with van der Waals surface area (Å²) in [5.74, 6) is 0. The second-order valence-corrected chi connectivity index (χ2v) is 11.9. The highest BCUT2D eigenvalue weighted by molar-refractivity contribution is 5.77. The lowest BCUT2D eigenvalue weighted by Crippen LogP contribution is -2.16. The first kappa shape index (κ1) is 30.6. The standard InChI is InChI=1S/C31H27N.C14H14/c1-24-15-17-26(18-16-24)27-19-21-30(22-20-27)32(29-12-6-3-7-13-29)31-14-8-11-28(23-31)25-9-4-2-5-10-25;1-11-7-3-5-9-13(11)14-10-6-4-8-12(14)2/h2,4-6,8-23H,3,7H2,1H3;3-10H,1-2H3. The lowest BCUT2D eigenvalue weighted by Gasteiger charge is -2.28. The van der Waals surface area contributed by atoms with Gasteiger partial charge in [-0.05, 0) is 108 Å². The van der Waals surface area contributed by atoms with E-state index in [9.17, 15) is 0 Å². The minimum atomic E-state index is 1.07. The number of hydrogen-bond acceptors (Lipinski definition) is 1. The fourth-order valence-corrected chi connectivity index (χ4v) is 5.97. The van der Waals surface area contributed by atoms with E-state index in [1.807, 2.05) is 0 Å². The SMILES string of the molecule is Cc1ccc(-c2ccc(N(C3=CCCC=C3)c3cccc(-c4ccccc4)c3)cc2)cc1.Cc1ccccc1-c1ccccc1C. The average molecular weight is 596 g/mol. The normalized spacial score (nSPS) is 12.1. The van der Waals surface area contributed by atoms with Crippen molar-refractivity contribution in [2.24, 2.45) is 0 Å². The van der Waals surface area contributed by atoms with Crippen LogP contribution in [-0.2, 0) is 0 Å². The van der Waals surface area contributed by atoms with Crippen LogP contribution >= 0.6 is 0 Å². The molecule has 46 heavy (non-hydrogen) atoms. The van der Waals surface area contributed by atoms with E-state index in [2.05, 4.69) is 196 Å². The molecule has 6 aromatic carbocycles. The summed E-state index contributed by atoms with van der Waals surface area (Å²) in [6.07, 6.45) is 9.02. The second kappa shape index (κ2) is 14.6. The largest absolute Gasteiger partial charge is 0.311 e. The van der Waals surface area contributed by atoms with Gasteiger partial charge in [0.25, 0.3) is 0 Å². The molecule has 0 amide bonds. The van der Waals surface area contributed by atoms with Crippen LogP contribution < -0.4 is 4.90 Å². The second-order valence-electron chi connectivity index (χ2n) is 11.9. The van der Waals surface area contributed by atoms with Crippen LogP contribution in [0.25, 0.3) is 33.4 Å². The molecule has 1 aliphatic carbocycles. The smallest absolute Gasteiger partial charge is 0.0467 e. The van der Waals surface area contributed by atoms with Crippen LogP contribution in [0.1, 0.15) is 29.5 Å². The number of hydrogen-bond donors (Lipinski definition) is 0. The van der Waals surface area contributed by atoms with Gasteiger partial charge >= 0.3 is 0 Å². The van der Waals surface area contributed by atoms with E-state index in [1.54, 1.807) is 0 Å². The first-order valence-corrected chi connectivity index (χ1v) is 16.2. The molecule has 0 saturated heterocycles. The summed E-state index contributed by atoms with van der Waals surface area (Å²) in [6.45, 7) is 6.43. The molecule has 0 atom stereocenters. The van der Waals surface area contributed by atoms with Gasteiger partial charge in [-0.25, -0.2) is 0 Å². The molecule has 0 saturated carbocycles. The zero-order valence-corrected chi connectivity index (χ0v) is 27.0. The van der Waals surface area contributed by atoms with Crippen molar-refractivity contribution in [2.75, 3.05) is 4.90 Å². The number of rotatable bonds is 6. The summed E-state index contributed by atoms with van der Waals surface area (Å²) in [6, 6.07) is 54.0. The fraction of sp³-hybridized carbons (Fsp3) is 0.111. The van der Waals surface area contributed by atoms with E-state index >= 15 is 0 Å². The summed E-state index contributed by atoms with van der Waals surface area (Å²) in [4.78, 5) is 2.36. The molecule has 1 nitrogen and oxygen atoms in total. The molecule has 0 aromatic heterocycles. The third-order valence-electron chi connectivity index (χ3n) is 8.54. The molecule has 1 heteroatoms. The van der Waals surface area contributed by atoms with Crippen molar-refractivity contribution in [3.63, 3.8) is 0 Å². The third-order valence-corrected chi connectivity index (χ3v) is 8.54. The Morgan fingerprint density at radius 2 is 0.978 bits per heavy atom. The number of aryl methyl sites for hydroxylation is 3. The fourth-order valence-electron chi connectivity index (χ4n) is 5.97. The van der Waals surface area contributed by atoms with Crippen molar-refractivity contribution in [2.45, 2.75) is 33.6 Å². The summed E-state index contributed by atoms with van der Waals surface area (Å²) in [5.41, 5.74) is 15.1. The predicted octanol–water partition coefficient (Wildman–Crippen LogP) is 12.7. The van der Waals surface area contributed by atoms with Gasteiger partial charge in [-0.1, -0.05) is 145 Å². The van der Waals surface area contributed by atoms with Crippen LogP contribution in [0, 0.1) is 20.8 Å². The van der Waals surface area contributed by atoms with Crippen molar-refractivity contribution in [1.29, 1.82) is 0 Å². The van der Waals surface area contributed by atoms with Gasteiger partial charge < -0.3 is 4.90 Å². The van der Waals surface area contributed by atoms with Crippen LogP contribution in [0.3, 0.4) is 0 Å². The number of benzene rings is 6. The molecular weight excluding hydrogens is 555 g/mol. The molecule has 7 rings (SSSR count). The monoisotopic (exact) mass is 595 g/mol. The summed E-state index contributed by atoms with van der Waals surface area (Å²) in [5, 5.41) is 0. The molecule has 0 heterocycles. The van der Waals surface area contributed by atoms with Crippen LogP contribution in [0.4, 0.5) is 11.4 Å². The van der Waals surface area contributed by atoms with Gasteiger partial charge in [0.05, 0.1) is 0 Å². The first-order chi connectivity index (χ1) is 22.6. The molecule has 0 spiro atoms. The van der Waals surface area contributed by atoms with E-state index in [1.165, 1.54) is 67.1 Å². The minimum absolute atomic E-state index is 1.07. The lowest BCUT2D eigenvalue weighted by atomic mass is 9.97. The van der Waals surface area contributed by atoms with Gasteiger partial charge in [0.15, 0.2) is 0 Å². The molecule has 0 unspecified atom stereocenters.